The summed E-state index contributed by atoms with van der Waals surface area (Å²) >= 11 is 0. The number of carbonyl (C=O) groups is 4. The number of rotatable bonds is 18. The Bertz CT molecular complexity index is 1450. The predicted octanol–water partition coefficient (Wildman–Crippen LogP) is 5.63. The van der Waals surface area contributed by atoms with Crippen LogP contribution in [0.1, 0.15) is 102 Å². The number of nitrogens with one attached hydrogen (secondary N) is 3. The van der Waals surface area contributed by atoms with Crippen molar-refractivity contribution >= 4 is 36.3 Å². The van der Waals surface area contributed by atoms with E-state index in [2.05, 4.69) is 34.4 Å². The molecule has 13 nitrogen and oxygen atoms in total. The number of H-pyrrole nitrogens is 1. The summed E-state index contributed by atoms with van der Waals surface area (Å²) in [5.74, 6) is 0.0630. The average molecular weight is 802 g/mol. The lowest BCUT2D eigenvalue weighted by atomic mass is 9.83. The molecular weight excluding hydrogens is 732 g/mol. The van der Waals surface area contributed by atoms with Crippen molar-refractivity contribution < 1.29 is 24.3 Å². The van der Waals surface area contributed by atoms with Gasteiger partial charge in [-0.05, 0) is 49.5 Å². The highest BCUT2D eigenvalue weighted by molar-refractivity contribution is 5.92. The molecule has 0 radical (unpaired) electrons. The van der Waals surface area contributed by atoms with Crippen LogP contribution in [-0.4, -0.2) is 130 Å². The molecule has 1 aromatic carbocycles. The Labute approximate surface area is 341 Å². The maximum atomic E-state index is 14.5. The molecular formula is C42H69ClN8O5. The Balaban J connectivity index is 0.00000841. The molecule has 1 aliphatic heterocycles. The van der Waals surface area contributed by atoms with Crippen LogP contribution in [0.5, 0.6) is 0 Å². The number of halogens is 1. The van der Waals surface area contributed by atoms with E-state index < -0.39 is 36.2 Å². The number of amides is 6. The Kier molecular flexibility index (Phi) is 20.0. The summed E-state index contributed by atoms with van der Waals surface area (Å²) in [5, 5.41) is 17.6. The number of aliphatic hydroxyl groups excluding tert-OH is 1. The van der Waals surface area contributed by atoms with Crippen molar-refractivity contribution in [3.8, 4) is 0 Å². The average Bonchev–Trinajstić information content (AvgIpc) is 3.56. The van der Waals surface area contributed by atoms with Crippen molar-refractivity contribution in [1.82, 2.24) is 40.2 Å². The van der Waals surface area contributed by atoms with E-state index in [1.165, 1.54) is 16.2 Å². The van der Waals surface area contributed by atoms with Gasteiger partial charge in [-0.1, -0.05) is 89.1 Å². The molecule has 0 unspecified atom stereocenters. The number of nitrogens with zero attached hydrogens (tertiary/aromatic N) is 5. The minimum Gasteiger partial charge on any atom is -0.391 e. The quantitative estimate of drug-likeness (QED) is 0.153. The minimum absolute atomic E-state index is 0. The highest BCUT2D eigenvalue weighted by atomic mass is 35.5. The molecule has 1 saturated carbocycles. The number of urea groups is 2. The molecule has 0 bridgehead atoms. The van der Waals surface area contributed by atoms with Gasteiger partial charge in [-0.15, -0.1) is 12.4 Å². The fraction of sp³-hybridized carbons (Fsp3) is 0.690. The Morgan fingerprint density at radius 3 is 2.14 bits per heavy atom. The molecule has 2 heterocycles. The third-order valence-corrected chi connectivity index (χ3v) is 11.4. The number of imidazole rings is 1. The van der Waals surface area contributed by atoms with Gasteiger partial charge in [0.05, 0.1) is 24.2 Å². The zero-order valence-corrected chi connectivity index (χ0v) is 35.3. The lowest BCUT2D eigenvalue weighted by molar-refractivity contribution is -0.141. The van der Waals surface area contributed by atoms with Gasteiger partial charge in [0.25, 0.3) is 0 Å². The molecule has 2 fully saturated rings. The fourth-order valence-corrected chi connectivity index (χ4v) is 7.79. The van der Waals surface area contributed by atoms with Gasteiger partial charge >= 0.3 is 12.1 Å². The van der Waals surface area contributed by atoms with Gasteiger partial charge in [0, 0.05) is 66.4 Å². The number of likely N-dealkylation sites (N-methyl/N-ethyl adjacent to an activating group) is 3. The van der Waals surface area contributed by atoms with Crippen LogP contribution in [0.15, 0.2) is 42.9 Å². The van der Waals surface area contributed by atoms with E-state index in [0.717, 1.165) is 76.4 Å². The van der Waals surface area contributed by atoms with Crippen molar-refractivity contribution in [3.63, 3.8) is 0 Å². The van der Waals surface area contributed by atoms with E-state index in [1.807, 2.05) is 35.2 Å². The third-order valence-electron chi connectivity index (χ3n) is 11.4. The second kappa shape index (κ2) is 24.0. The highest BCUT2D eigenvalue weighted by Crippen LogP contribution is 2.29. The summed E-state index contributed by atoms with van der Waals surface area (Å²) < 4.78 is 0. The van der Waals surface area contributed by atoms with E-state index in [1.54, 1.807) is 38.6 Å². The molecule has 4 atom stereocenters. The predicted molar refractivity (Wildman–Crippen MR) is 222 cm³/mol. The first-order chi connectivity index (χ1) is 26.4. The molecule has 56 heavy (non-hydrogen) atoms. The van der Waals surface area contributed by atoms with Crippen molar-refractivity contribution in [1.29, 1.82) is 0 Å². The van der Waals surface area contributed by atoms with Crippen LogP contribution in [0.2, 0.25) is 0 Å². The first-order valence-corrected chi connectivity index (χ1v) is 20.7. The molecule has 14 heteroatoms. The lowest BCUT2D eigenvalue weighted by Gasteiger charge is -2.35. The van der Waals surface area contributed by atoms with Gasteiger partial charge in [0.15, 0.2) is 0 Å². The molecule has 1 aliphatic carbocycles. The number of carbonyl (C=O) groups excluding carboxylic acids is 4. The number of hydrogen-bond acceptors (Lipinski definition) is 6. The normalized spacial score (nSPS) is 17.1. The van der Waals surface area contributed by atoms with Crippen LogP contribution in [-0.2, 0) is 22.4 Å². The number of aliphatic hydroxyl groups is 1. The SMILES string of the molecule is CC(C)CC[C@H](O)[C@H](CC1CCCCC1)NC(=O)[C@H](Cc1c[nH]cn1)N(C)C(=O)[C@H](Cc1ccccc1)NC(=O)N(C)CCN(C)C(=O)N1CCCCCC1.Cl. The van der Waals surface area contributed by atoms with E-state index in [4.69, 9.17) is 0 Å². The number of benzene rings is 1. The van der Waals surface area contributed by atoms with Crippen LogP contribution in [0, 0.1) is 11.8 Å². The molecule has 1 saturated heterocycles. The third kappa shape index (κ3) is 14.9. The van der Waals surface area contributed by atoms with Crippen molar-refractivity contribution in [2.75, 3.05) is 47.3 Å². The Morgan fingerprint density at radius 1 is 0.875 bits per heavy atom. The number of likely N-dealkylation sites (tertiary alicyclic amines) is 1. The number of aromatic amines is 1. The van der Waals surface area contributed by atoms with Gasteiger partial charge in [-0.2, -0.15) is 0 Å². The van der Waals surface area contributed by atoms with Crippen LogP contribution in [0.4, 0.5) is 9.59 Å². The second-order valence-electron chi connectivity index (χ2n) is 16.3. The van der Waals surface area contributed by atoms with Crippen LogP contribution in [0.25, 0.3) is 0 Å². The number of aromatic nitrogens is 2. The van der Waals surface area contributed by atoms with Gasteiger partial charge < -0.3 is 40.3 Å². The lowest BCUT2D eigenvalue weighted by Crippen LogP contribution is -2.58. The molecule has 0 spiro atoms. The maximum absolute atomic E-state index is 14.5. The van der Waals surface area contributed by atoms with Crippen LogP contribution < -0.4 is 10.6 Å². The highest BCUT2D eigenvalue weighted by Gasteiger charge is 2.36. The van der Waals surface area contributed by atoms with E-state index in [0.29, 0.717) is 36.9 Å². The molecule has 2 aromatic rings. The zero-order valence-electron chi connectivity index (χ0n) is 34.5. The van der Waals surface area contributed by atoms with Gasteiger partial charge in [0.1, 0.15) is 12.1 Å². The van der Waals surface area contributed by atoms with Crippen molar-refractivity contribution in [2.45, 2.75) is 128 Å². The Hall–Kier alpha value is -3.84. The zero-order chi connectivity index (χ0) is 39.7. The summed E-state index contributed by atoms with van der Waals surface area (Å²) in [6.45, 7) is 6.36. The topological polar surface area (TPSA) is 154 Å². The summed E-state index contributed by atoms with van der Waals surface area (Å²) in [6.07, 6.45) is 15.0. The molecule has 2 aliphatic rings. The van der Waals surface area contributed by atoms with Crippen LogP contribution in [0.3, 0.4) is 0 Å². The molecule has 4 rings (SSSR count). The van der Waals surface area contributed by atoms with E-state index in [9.17, 15) is 24.3 Å². The summed E-state index contributed by atoms with van der Waals surface area (Å²) in [4.78, 5) is 69.5. The van der Waals surface area contributed by atoms with Crippen molar-refractivity contribution in [2.24, 2.45) is 11.8 Å². The Morgan fingerprint density at radius 2 is 1.52 bits per heavy atom. The van der Waals surface area contributed by atoms with E-state index >= 15 is 0 Å². The van der Waals surface area contributed by atoms with E-state index in [-0.39, 0.29) is 43.7 Å². The van der Waals surface area contributed by atoms with Gasteiger partial charge in [-0.25, -0.2) is 14.6 Å². The second-order valence-corrected chi connectivity index (χ2v) is 16.3. The van der Waals surface area contributed by atoms with Gasteiger partial charge in [0.2, 0.25) is 11.8 Å². The first-order valence-electron chi connectivity index (χ1n) is 20.7. The van der Waals surface area contributed by atoms with Gasteiger partial charge in [-0.3, -0.25) is 9.59 Å². The fourth-order valence-electron chi connectivity index (χ4n) is 7.79. The minimum atomic E-state index is -0.983. The summed E-state index contributed by atoms with van der Waals surface area (Å²) in [7, 11) is 5.00. The standard InChI is InChI=1S/C42H68N8O5.ClH/c1-31(2)20-21-38(51)35(26-32-16-10-8-11-17-32)45-39(52)37(28-34-29-43-30-44-34)49(5)40(53)36(27-33-18-12-9-13-19-33)46-41(54)47(3)24-25-48(4)42(55)50-22-14-6-7-15-23-50;/h9,12-13,18-19,29-32,35-38,51H,6-8,10-11,14-17,20-28H2,1-5H3,(H,43,44)(H,45,52)(H,46,54);1H/t35-,36-,37-,38-;/m0./s1. The molecule has 1 aromatic heterocycles. The molecule has 4 N–H and O–H groups in total. The maximum Gasteiger partial charge on any atom is 0.319 e. The largest absolute Gasteiger partial charge is 0.391 e. The first kappa shape index (κ1) is 46.5. The number of hydrogen-bond donors (Lipinski definition) is 4. The monoisotopic (exact) mass is 801 g/mol. The molecule has 6 amide bonds. The van der Waals surface area contributed by atoms with Crippen molar-refractivity contribution in [3.05, 3.63) is 54.1 Å². The van der Waals surface area contributed by atoms with Crippen LogP contribution >= 0.6 is 12.4 Å². The smallest absolute Gasteiger partial charge is 0.319 e. The summed E-state index contributed by atoms with van der Waals surface area (Å²) in [6, 6.07) is 6.60. The summed E-state index contributed by atoms with van der Waals surface area (Å²) in [5.41, 5.74) is 1.47. The molecule has 314 valence electrons.